The van der Waals surface area contributed by atoms with Gasteiger partial charge in [-0.05, 0) is 36.2 Å². The average Bonchev–Trinajstić information content (AvgIpc) is 2.94. The number of anilines is 1. The first-order valence-electron chi connectivity index (χ1n) is 8.02. The molecule has 1 N–H and O–H groups in total. The van der Waals surface area contributed by atoms with Crippen LogP contribution in [0.5, 0.6) is 0 Å². The van der Waals surface area contributed by atoms with E-state index < -0.39 is 0 Å². The smallest absolute Gasteiger partial charge is 0.229 e. The van der Waals surface area contributed by atoms with E-state index in [0.717, 1.165) is 11.1 Å². The third-order valence-corrected chi connectivity index (χ3v) is 4.97. The molecule has 3 rings (SSSR count). The van der Waals surface area contributed by atoms with Crippen LogP contribution in [0.1, 0.15) is 17.5 Å². The Hall–Kier alpha value is -2.04. The highest BCUT2D eigenvalue weighted by molar-refractivity contribution is 6.31. The first-order chi connectivity index (χ1) is 11.9. The molecule has 1 aliphatic rings. The highest BCUT2D eigenvalue weighted by Gasteiger charge is 2.34. The van der Waals surface area contributed by atoms with Gasteiger partial charge in [-0.1, -0.05) is 47.5 Å². The number of hydrogen-bond acceptors (Lipinski definition) is 2. The number of aryl methyl sites for hydroxylation is 1. The predicted molar refractivity (Wildman–Crippen MR) is 99.8 cm³/mol. The minimum absolute atomic E-state index is 0.0390. The van der Waals surface area contributed by atoms with E-state index in [2.05, 4.69) is 5.32 Å². The maximum absolute atomic E-state index is 12.5. The predicted octanol–water partition coefficient (Wildman–Crippen LogP) is 4.29. The minimum Gasteiger partial charge on any atom is -0.337 e. The Balaban J connectivity index is 1.66. The lowest BCUT2D eigenvalue weighted by Crippen LogP contribution is -2.28. The topological polar surface area (TPSA) is 49.4 Å². The van der Waals surface area contributed by atoms with Crippen molar-refractivity contribution in [3.8, 4) is 0 Å². The maximum atomic E-state index is 12.5. The van der Waals surface area contributed by atoms with E-state index in [1.54, 1.807) is 23.1 Å². The molecule has 25 heavy (non-hydrogen) atoms. The lowest BCUT2D eigenvalue weighted by atomic mass is 10.1. The molecule has 0 aliphatic carbocycles. The van der Waals surface area contributed by atoms with Crippen LogP contribution < -0.4 is 5.32 Å². The molecule has 0 aromatic heterocycles. The molecule has 1 atom stereocenters. The second-order valence-electron chi connectivity index (χ2n) is 6.22. The van der Waals surface area contributed by atoms with Gasteiger partial charge in [-0.3, -0.25) is 9.59 Å². The fourth-order valence-corrected chi connectivity index (χ4v) is 3.26. The number of nitrogens with zero attached hydrogens (tertiary/aromatic N) is 1. The third-order valence-electron chi connectivity index (χ3n) is 4.36. The number of hydrogen-bond donors (Lipinski definition) is 1. The van der Waals surface area contributed by atoms with Crippen molar-refractivity contribution < 1.29 is 9.59 Å². The van der Waals surface area contributed by atoms with Crippen LogP contribution in [0.15, 0.2) is 42.5 Å². The molecule has 2 amide bonds. The molecule has 1 heterocycles. The molecule has 2 aromatic carbocycles. The molecule has 0 radical (unpaired) electrons. The number of halogens is 2. The highest BCUT2D eigenvalue weighted by Crippen LogP contribution is 2.26. The van der Waals surface area contributed by atoms with Gasteiger partial charge in [0.25, 0.3) is 0 Å². The van der Waals surface area contributed by atoms with E-state index in [9.17, 15) is 9.59 Å². The lowest BCUT2D eigenvalue weighted by Gasteiger charge is -2.17. The monoisotopic (exact) mass is 376 g/mol. The summed E-state index contributed by atoms with van der Waals surface area (Å²) >= 11 is 12.1. The van der Waals surface area contributed by atoms with Crippen molar-refractivity contribution in [3.05, 3.63) is 63.6 Å². The molecule has 1 fully saturated rings. The molecular formula is C19H18Cl2N2O2. The van der Waals surface area contributed by atoms with Crippen LogP contribution in [-0.4, -0.2) is 23.3 Å². The SMILES string of the molecule is Cc1ccc(Cl)cc1NC(=O)[C@@H]1CC(=O)N(Cc2ccccc2Cl)C1. The normalized spacial score (nSPS) is 17.0. The van der Waals surface area contributed by atoms with Crippen LogP contribution in [0.3, 0.4) is 0 Å². The Morgan fingerprint density at radius 1 is 1.24 bits per heavy atom. The van der Waals surface area contributed by atoms with Gasteiger partial charge in [0.2, 0.25) is 11.8 Å². The Morgan fingerprint density at radius 3 is 2.76 bits per heavy atom. The van der Waals surface area contributed by atoms with Crippen LogP contribution in [0.2, 0.25) is 10.0 Å². The van der Waals surface area contributed by atoms with E-state index in [1.807, 2.05) is 31.2 Å². The van der Waals surface area contributed by atoms with Crippen molar-refractivity contribution in [1.29, 1.82) is 0 Å². The number of rotatable bonds is 4. The summed E-state index contributed by atoms with van der Waals surface area (Å²) in [7, 11) is 0. The van der Waals surface area contributed by atoms with Gasteiger partial charge in [0.1, 0.15) is 0 Å². The van der Waals surface area contributed by atoms with E-state index in [0.29, 0.717) is 28.8 Å². The minimum atomic E-state index is -0.381. The number of nitrogens with one attached hydrogen (secondary N) is 1. The van der Waals surface area contributed by atoms with Gasteiger partial charge < -0.3 is 10.2 Å². The number of benzene rings is 2. The zero-order valence-corrected chi connectivity index (χ0v) is 15.3. The molecule has 130 valence electrons. The van der Waals surface area contributed by atoms with Gasteiger partial charge in [0.05, 0.1) is 5.92 Å². The van der Waals surface area contributed by atoms with Gasteiger partial charge in [-0.2, -0.15) is 0 Å². The summed E-state index contributed by atoms with van der Waals surface area (Å²) in [5.41, 5.74) is 2.48. The van der Waals surface area contributed by atoms with E-state index in [-0.39, 0.29) is 24.2 Å². The first-order valence-corrected chi connectivity index (χ1v) is 8.78. The summed E-state index contributed by atoms with van der Waals surface area (Å²) in [6.07, 6.45) is 0.204. The number of amides is 2. The summed E-state index contributed by atoms with van der Waals surface area (Å²) in [4.78, 5) is 26.5. The van der Waals surface area contributed by atoms with Crippen LogP contribution in [0.25, 0.3) is 0 Å². The lowest BCUT2D eigenvalue weighted by molar-refractivity contribution is -0.128. The molecule has 0 unspecified atom stereocenters. The Morgan fingerprint density at radius 2 is 2.00 bits per heavy atom. The zero-order valence-electron chi connectivity index (χ0n) is 13.8. The first kappa shape index (κ1) is 17.8. The standard InChI is InChI=1S/C19H18Cl2N2O2/c1-12-6-7-15(20)9-17(12)22-19(25)14-8-18(24)23(11-14)10-13-4-2-3-5-16(13)21/h2-7,9,14H,8,10-11H2,1H3,(H,22,25)/t14-/m1/s1. The molecule has 1 saturated heterocycles. The third kappa shape index (κ3) is 4.14. The summed E-state index contributed by atoms with van der Waals surface area (Å²) in [5.74, 6) is -0.586. The molecule has 6 heteroatoms. The Bertz CT molecular complexity index is 823. The summed E-state index contributed by atoms with van der Waals surface area (Å²) in [6.45, 7) is 2.70. The molecule has 1 aliphatic heterocycles. The summed E-state index contributed by atoms with van der Waals surface area (Å²) in [5, 5.41) is 4.06. The largest absolute Gasteiger partial charge is 0.337 e. The quantitative estimate of drug-likeness (QED) is 0.864. The van der Waals surface area contributed by atoms with Crippen LogP contribution in [0, 0.1) is 12.8 Å². The highest BCUT2D eigenvalue weighted by atomic mass is 35.5. The van der Waals surface area contributed by atoms with Gasteiger partial charge in [0.15, 0.2) is 0 Å². The van der Waals surface area contributed by atoms with Gasteiger partial charge in [-0.25, -0.2) is 0 Å². The van der Waals surface area contributed by atoms with Crippen LogP contribution in [0.4, 0.5) is 5.69 Å². The molecule has 0 spiro atoms. The Kier molecular flexibility index (Phi) is 5.30. The van der Waals surface area contributed by atoms with E-state index >= 15 is 0 Å². The second kappa shape index (κ2) is 7.46. The van der Waals surface area contributed by atoms with Crippen molar-refractivity contribution in [2.24, 2.45) is 5.92 Å². The number of likely N-dealkylation sites (tertiary alicyclic amines) is 1. The van der Waals surface area contributed by atoms with Crippen molar-refractivity contribution in [2.75, 3.05) is 11.9 Å². The number of carbonyl (C=O) groups is 2. The summed E-state index contributed by atoms with van der Waals surface area (Å²) in [6, 6.07) is 12.8. The Labute approximate surface area is 156 Å². The van der Waals surface area contributed by atoms with Crippen molar-refractivity contribution in [2.45, 2.75) is 19.9 Å². The second-order valence-corrected chi connectivity index (χ2v) is 7.06. The van der Waals surface area contributed by atoms with Gasteiger partial charge in [-0.15, -0.1) is 0 Å². The fourth-order valence-electron chi connectivity index (χ4n) is 2.90. The maximum Gasteiger partial charge on any atom is 0.229 e. The van der Waals surface area contributed by atoms with Crippen molar-refractivity contribution >= 4 is 40.7 Å². The summed E-state index contributed by atoms with van der Waals surface area (Å²) < 4.78 is 0. The van der Waals surface area contributed by atoms with Gasteiger partial charge in [0, 0.05) is 35.2 Å². The molecule has 2 aromatic rings. The van der Waals surface area contributed by atoms with Crippen LogP contribution >= 0.6 is 23.2 Å². The van der Waals surface area contributed by atoms with Crippen molar-refractivity contribution in [3.63, 3.8) is 0 Å². The molecule has 0 saturated carbocycles. The number of carbonyl (C=O) groups excluding carboxylic acids is 2. The van der Waals surface area contributed by atoms with Crippen LogP contribution in [-0.2, 0) is 16.1 Å². The van der Waals surface area contributed by atoms with Gasteiger partial charge >= 0.3 is 0 Å². The fraction of sp³-hybridized carbons (Fsp3) is 0.263. The average molecular weight is 377 g/mol. The molecule has 0 bridgehead atoms. The zero-order chi connectivity index (χ0) is 18.0. The molecular weight excluding hydrogens is 359 g/mol. The van der Waals surface area contributed by atoms with Crippen molar-refractivity contribution in [1.82, 2.24) is 4.90 Å². The molecule has 4 nitrogen and oxygen atoms in total. The van der Waals surface area contributed by atoms with E-state index in [4.69, 9.17) is 23.2 Å². The van der Waals surface area contributed by atoms with E-state index in [1.165, 1.54) is 0 Å².